The lowest BCUT2D eigenvalue weighted by Crippen LogP contribution is -2.50. The predicted octanol–water partition coefficient (Wildman–Crippen LogP) is 4.57. The minimum atomic E-state index is -5.08. The molecule has 2 aliphatic rings. The molecule has 4 rings (SSSR count). The Morgan fingerprint density at radius 2 is 1.41 bits per heavy atom. The maximum Gasteiger partial charge on any atom is 0.490 e. The lowest BCUT2D eigenvalue weighted by Gasteiger charge is -2.39. The molecule has 1 saturated carbocycles. The van der Waals surface area contributed by atoms with E-state index in [0.29, 0.717) is 18.6 Å². The van der Waals surface area contributed by atoms with Crippen LogP contribution in [0.15, 0.2) is 48.9 Å². The van der Waals surface area contributed by atoms with E-state index >= 15 is 0 Å². The molecule has 0 spiro atoms. The van der Waals surface area contributed by atoms with Crippen molar-refractivity contribution < 1.29 is 78.7 Å². The van der Waals surface area contributed by atoms with Crippen molar-refractivity contribution in [3.05, 3.63) is 60.2 Å². The first-order valence-electron chi connectivity index (χ1n) is 12.9. The maximum absolute atomic E-state index is 10.6. The van der Waals surface area contributed by atoms with Crippen LogP contribution in [0.2, 0.25) is 0 Å². The molecule has 258 valence electrons. The van der Waals surface area contributed by atoms with Crippen LogP contribution in [0.3, 0.4) is 0 Å². The van der Waals surface area contributed by atoms with E-state index < -0.39 is 36.4 Å². The Hall–Kier alpha value is -4.04. The van der Waals surface area contributed by atoms with Crippen LogP contribution >= 0.6 is 0 Å². The molecule has 0 amide bonds. The molecule has 20 heteroatoms. The molecule has 11 nitrogen and oxygen atoms in total. The van der Waals surface area contributed by atoms with Gasteiger partial charge >= 0.3 is 36.4 Å². The van der Waals surface area contributed by atoms with E-state index in [0.717, 1.165) is 37.6 Å². The zero-order valence-corrected chi connectivity index (χ0v) is 23.4. The fourth-order valence-electron chi connectivity index (χ4n) is 4.02. The summed E-state index contributed by atoms with van der Waals surface area (Å²) in [5.41, 5.74) is 2.26. The van der Waals surface area contributed by atoms with Crippen molar-refractivity contribution in [2.45, 2.75) is 56.7 Å². The number of fused-ring (bicyclic) bond motifs is 1. The van der Waals surface area contributed by atoms with Gasteiger partial charge in [-0.15, -0.1) is 0 Å². The van der Waals surface area contributed by atoms with E-state index in [9.17, 15) is 39.5 Å². The second-order valence-corrected chi connectivity index (χ2v) is 9.32. The van der Waals surface area contributed by atoms with Gasteiger partial charge in [0.05, 0.1) is 31.6 Å². The summed E-state index contributed by atoms with van der Waals surface area (Å²) in [6.45, 7) is 4.08. The fraction of sp³-hybridized carbons (Fsp3) is 0.500. The van der Waals surface area contributed by atoms with Gasteiger partial charge in [-0.3, -0.25) is 14.9 Å². The standard InChI is InChI=1S/C20H25N3O2.3C2HF3O2/c1-2-9-22-18(5-1)13-23-10-11-25-20-17(6-7-19(20)23)15-24-14-16-4-3-8-21-12-16;3*3-2(4,5)1(6)7/h1-5,8-9,12,17,19-20H,6-7,10-11,13-15H2;3*(H,6,7). The van der Waals surface area contributed by atoms with E-state index in [-0.39, 0.29) is 6.10 Å². The number of aliphatic carboxylic acids is 3. The summed E-state index contributed by atoms with van der Waals surface area (Å²) in [5.74, 6) is -7.79. The summed E-state index contributed by atoms with van der Waals surface area (Å²) in [6, 6.07) is 10.6. The summed E-state index contributed by atoms with van der Waals surface area (Å²) in [4.78, 5) is 37.8. The summed E-state index contributed by atoms with van der Waals surface area (Å²) in [7, 11) is 0. The number of carboxylic acid groups (broad SMARTS) is 3. The van der Waals surface area contributed by atoms with Crippen molar-refractivity contribution in [1.82, 2.24) is 14.9 Å². The van der Waals surface area contributed by atoms with Crippen LogP contribution in [0.4, 0.5) is 39.5 Å². The van der Waals surface area contributed by atoms with Crippen LogP contribution in [0.5, 0.6) is 0 Å². The number of alkyl halides is 9. The van der Waals surface area contributed by atoms with Crippen LogP contribution in [-0.2, 0) is 37.0 Å². The Kier molecular flexibility index (Phi) is 15.8. The zero-order valence-electron chi connectivity index (χ0n) is 23.4. The zero-order chi connectivity index (χ0) is 35.1. The number of pyridine rings is 2. The van der Waals surface area contributed by atoms with Gasteiger partial charge in [0, 0.05) is 43.6 Å². The van der Waals surface area contributed by atoms with Gasteiger partial charge in [-0.05, 0) is 36.6 Å². The highest BCUT2D eigenvalue weighted by molar-refractivity contribution is 5.73. The number of hydrogen-bond donors (Lipinski definition) is 3. The SMILES string of the molecule is O=C(O)C(F)(F)F.O=C(O)C(F)(F)F.O=C(O)C(F)(F)F.c1ccc(CN2CCOC3C(COCc4cccnc4)CCC32)nc1. The molecular weight excluding hydrogens is 653 g/mol. The molecule has 2 aromatic rings. The summed E-state index contributed by atoms with van der Waals surface area (Å²) >= 11 is 0. The maximum atomic E-state index is 10.6. The van der Waals surface area contributed by atoms with Gasteiger partial charge in [0.1, 0.15) is 0 Å². The van der Waals surface area contributed by atoms with Gasteiger partial charge in [0.2, 0.25) is 0 Å². The van der Waals surface area contributed by atoms with Crippen LogP contribution in [0, 0.1) is 5.92 Å². The number of nitrogens with zero attached hydrogens (tertiary/aromatic N) is 3. The third-order valence-electron chi connectivity index (χ3n) is 5.98. The van der Waals surface area contributed by atoms with E-state index in [1.54, 1.807) is 6.20 Å². The quantitative estimate of drug-likeness (QED) is 0.367. The van der Waals surface area contributed by atoms with E-state index in [1.165, 1.54) is 12.8 Å². The largest absolute Gasteiger partial charge is 0.490 e. The Morgan fingerprint density at radius 1 is 0.848 bits per heavy atom. The molecule has 3 unspecified atom stereocenters. The highest BCUT2D eigenvalue weighted by atomic mass is 19.4. The third-order valence-corrected chi connectivity index (χ3v) is 5.98. The Bertz CT molecular complexity index is 1160. The highest BCUT2D eigenvalue weighted by Gasteiger charge is 2.43. The highest BCUT2D eigenvalue weighted by Crippen LogP contribution is 2.35. The van der Waals surface area contributed by atoms with E-state index in [4.69, 9.17) is 39.2 Å². The number of aromatic nitrogens is 2. The van der Waals surface area contributed by atoms with Crippen LogP contribution < -0.4 is 0 Å². The second kappa shape index (κ2) is 18.2. The lowest BCUT2D eigenvalue weighted by molar-refractivity contribution is -0.193. The molecule has 0 radical (unpaired) electrons. The predicted molar refractivity (Wildman–Crippen MR) is 136 cm³/mol. The molecule has 2 fully saturated rings. The van der Waals surface area contributed by atoms with Crippen LogP contribution in [0.25, 0.3) is 0 Å². The van der Waals surface area contributed by atoms with Gasteiger partial charge in [-0.25, -0.2) is 14.4 Å². The topological polar surface area (TPSA) is 159 Å². The number of ether oxygens (including phenoxy) is 2. The normalized spacial score (nSPS) is 19.5. The molecule has 3 N–H and O–H groups in total. The molecule has 1 aliphatic heterocycles. The van der Waals surface area contributed by atoms with Crippen molar-refractivity contribution >= 4 is 17.9 Å². The van der Waals surface area contributed by atoms with Crippen molar-refractivity contribution in [1.29, 1.82) is 0 Å². The molecule has 1 aliphatic carbocycles. The second-order valence-electron chi connectivity index (χ2n) is 9.32. The monoisotopic (exact) mass is 681 g/mol. The number of morpholine rings is 1. The molecule has 2 aromatic heterocycles. The number of carbonyl (C=O) groups is 3. The summed E-state index contributed by atoms with van der Waals surface area (Å²) in [5, 5.41) is 21.4. The number of hydrogen-bond acceptors (Lipinski definition) is 8. The minimum absolute atomic E-state index is 0.284. The first-order valence-corrected chi connectivity index (χ1v) is 12.9. The van der Waals surface area contributed by atoms with E-state index in [2.05, 4.69) is 33.1 Å². The Balaban J connectivity index is 0.000000413. The van der Waals surface area contributed by atoms with Crippen molar-refractivity contribution in [3.63, 3.8) is 0 Å². The lowest BCUT2D eigenvalue weighted by atomic mass is 10.0. The first-order chi connectivity index (χ1) is 21.2. The van der Waals surface area contributed by atoms with Crippen LogP contribution in [0.1, 0.15) is 24.1 Å². The van der Waals surface area contributed by atoms with Crippen molar-refractivity contribution in [3.8, 4) is 0 Å². The molecule has 0 bridgehead atoms. The number of carboxylic acids is 3. The Morgan fingerprint density at radius 3 is 1.87 bits per heavy atom. The average molecular weight is 682 g/mol. The first kappa shape index (κ1) is 40.0. The van der Waals surface area contributed by atoms with Gasteiger partial charge in [-0.2, -0.15) is 39.5 Å². The van der Waals surface area contributed by atoms with Gasteiger partial charge in [-0.1, -0.05) is 12.1 Å². The minimum Gasteiger partial charge on any atom is -0.475 e. The van der Waals surface area contributed by atoms with Gasteiger partial charge in [0.25, 0.3) is 0 Å². The molecule has 1 saturated heterocycles. The number of halogens is 9. The molecular formula is C26H28F9N3O8. The van der Waals surface area contributed by atoms with Crippen molar-refractivity contribution in [2.75, 3.05) is 19.8 Å². The van der Waals surface area contributed by atoms with E-state index in [1.807, 2.05) is 24.5 Å². The number of rotatable bonds is 6. The summed E-state index contributed by atoms with van der Waals surface area (Å²) in [6.07, 6.45) is -7.09. The third kappa shape index (κ3) is 15.3. The summed E-state index contributed by atoms with van der Waals surface area (Å²) < 4.78 is 107. The Labute approximate surface area is 254 Å². The van der Waals surface area contributed by atoms with Gasteiger partial charge < -0.3 is 24.8 Å². The van der Waals surface area contributed by atoms with Crippen LogP contribution in [-0.4, -0.2) is 98.5 Å². The molecule has 3 atom stereocenters. The van der Waals surface area contributed by atoms with Gasteiger partial charge in [0.15, 0.2) is 0 Å². The smallest absolute Gasteiger partial charge is 0.475 e. The molecule has 0 aromatic carbocycles. The van der Waals surface area contributed by atoms with Crippen molar-refractivity contribution in [2.24, 2.45) is 5.92 Å². The fourth-order valence-corrected chi connectivity index (χ4v) is 4.02. The molecule has 3 heterocycles. The average Bonchev–Trinajstić information content (AvgIpc) is 3.38. The molecule has 46 heavy (non-hydrogen) atoms.